The summed E-state index contributed by atoms with van der Waals surface area (Å²) >= 11 is 12.2. The first-order valence-electron chi connectivity index (χ1n) is 10.1. The standard InChI is InChI=1S/C23H20Cl2N4O5S/c1-15-6-9-19(10-7-15)35(33,34)28(22-5-3-4-20(24)16(22)2)14-23(30)27-26-13-17-12-18(29(31)32)8-11-21(17)25/h3-13H,14H2,1-2H3,(H,27,30)/b26-13-. The Morgan fingerprint density at radius 2 is 1.77 bits per heavy atom. The van der Waals surface area contributed by atoms with E-state index in [9.17, 15) is 23.3 Å². The minimum atomic E-state index is -4.14. The molecule has 3 aromatic rings. The number of halogens is 2. The second kappa shape index (κ2) is 10.9. The van der Waals surface area contributed by atoms with Crippen molar-refractivity contribution in [3.63, 3.8) is 0 Å². The lowest BCUT2D eigenvalue weighted by Gasteiger charge is -2.25. The van der Waals surface area contributed by atoms with Crippen LogP contribution in [0.1, 0.15) is 16.7 Å². The maximum Gasteiger partial charge on any atom is 0.270 e. The molecule has 0 saturated heterocycles. The Morgan fingerprint density at radius 1 is 1.09 bits per heavy atom. The second-order valence-corrected chi connectivity index (χ2v) is 10.1. The van der Waals surface area contributed by atoms with E-state index in [1.807, 2.05) is 6.92 Å². The maximum absolute atomic E-state index is 13.5. The summed E-state index contributed by atoms with van der Waals surface area (Å²) in [4.78, 5) is 23.1. The minimum Gasteiger partial charge on any atom is -0.271 e. The molecule has 0 atom stereocenters. The molecule has 0 aliphatic carbocycles. The summed E-state index contributed by atoms with van der Waals surface area (Å²) in [6.07, 6.45) is 1.14. The molecule has 0 bridgehead atoms. The van der Waals surface area contributed by atoms with Crippen LogP contribution in [0.5, 0.6) is 0 Å². The second-order valence-electron chi connectivity index (χ2n) is 7.46. The fraction of sp³-hybridized carbons (Fsp3) is 0.130. The summed E-state index contributed by atoms with van der Waals surface area (Å²) < 4.78 is 27.9. The van der Waals surface area contributed by atoms with E-state index in [1.165, 1.54) is 30.3 Å². The number of amides is 1. The number of hydrogen-bond acceptors (Lipinski definition) is 6. The van der Waals surface area contributed by atoms with Gasteiger partial charge in [0.25, 0.3) is 21.6 Å². The van der Waals surface area contributed by atoms with Crippen molar-refractivity contribution in [3.8, 4) is 0 Å². The van der Waals surface area contributed by atoms with Crippen LogP contribution in [0.2, 0.25) is 10.0 Å². The summed E-state index contributed by atoms with van der Waals surface area (Å²) in [5, 5.41) is 15.3. The van der Waals surface area contributed by atoms with E-state index < -0.39 is 27.4 Å². The summed E-state index contributed by atoms with van der Waals surface area (Å²) in [7, 11) is -4.14. The Morgan fingerprint density at radius 3 is 2.43 bits per heavy atom. The number of aryl methyl sites for hydroxylation is 1. The predicted molar refractivity (Wildman–Crippen MR) is 136 cm³/mol. The van der Waals surface area contributed by atoms with Gasteiger partial charge < -0.3 is 0 Å². The molecule has 3 aromatic carbocycles. The van der Waals surface area contributed by atoms with Gasteiger partial charge >= 0.3 is 0 Å². The first kappa shape index (κ1) is 26.1. The van der Waals surface area contributed by atoms with Crippen molar-refractivity contribution in [3.05, 3.63) is 97.5 Å². The zero-order chi connectivity index (χ0) is 25.8. The number of nitrogens with one attached hydrogen (secondary N) is 1. The lowest BCUT2D eigenvalue weighted by molar-refractivity contribution is -0.384. The van der Waals surface area contributed by atoms with Crippen LogP contribution in [0.15, 0.2) is 70.7 Å². The Hall–Kier alpha value is -3.47. The van der Waals surface area contributed by atoms with E-state index in [4.69, 9.17) is 23.2 Å². The van der Waals surface area contributed by atoms with Crippen LogP contribution >= 0.6 is 23.2 Å². The van der Waals surface area contributed by atoms with E-state index in [0.29, 0.717) is 10.6 Å². The van der Waals surface area contributed by atoms with Crippen LogP contribution in [0.25, 0.3) is 0 Å². The smallest absolute Gasteiger partial charge is 0.270 e. The first-order chi connectivity index (χ1) is 16.5. The van der Waals surface area contributed by atoms with Gasteiger partial charge in [-0.2, -0.15) is 5.10 Å². The Labute approximate surface area is 212 Å². The van der Waals surface area contributed by atoms with E-state index in [0.717, 1.165) is 16.1 Å². The topological polar surface area (TPSA) is 122 Å². The molecule has 182 valence electrons. The summed E-state index contributed by atoms with van der Waals surface area (Å²) in [6.45, 7) is 2.88. The number of carbonyl (C=O) groups excluding carboxylic acids is 1. The van der Waals surface area contributed by atoms with E-state index in [1.54, 1.807) is 37.3 Å². The Bertz CT molecular complexity index is 1410. The predicted octanol–water partition coefficient (Wildman–Crippen LogP) is 4.86. The fourth-order valence-corrected chi connectivity index (χ4v) is 4.90. The number of nitro groups is 1. The van der Waals surface area contributed by atoms with Crippen molar-refractivity contribution in [1.29, 1.82) is 0 Å². The van der Waals surface area contributed by atoms with Crippen molar-refractivity contribution in [2.24, 2.45) is 5.10 Å². The van der Waals surface area contributed by atoms with Crippen molar-refractivity contribution in [2.45, 2.75) is 18.7 Å². The monoisotopic (exact) mass is 534 g/mol. The van der Waals surface area contributed by atoms with Crippen LogP contribution in [0, 0.1) is 24.0 Å². The maximum atomic E-state index is 13.5. The fourth-order valence-electron chi connectivity index (χ4n) is 3.09. The van der Waals surface area contributed by atoms with Gasteiger partial charge in [-0.05, 0) is 49.7 Å². The first-order valence-corrected chi connectivity index (χ1v) is 12.3. The average Bonchev–Trinajstić information content (AvgIpc) is 2.81. The molecule has 1 N–H and O–H groups in total. The van der Waals surface area contributed by atoms with Crippen molar-refractivity contribution in [2.75, 3.05) is 10.8 Å². The van der Waals surface area contributed by atoms with Gasteiger partial charge in [0.1, 0.15) is 6.54 Å². The molecule has 0 aromatic heterocycles. The largest absolute Gasteiger partial charge is 0.271 e. The number of anilines is 1. The van der Waals surface area contributed by atoms with Gasteiger partial charge in [0.2, 0.25) is 0 Å². The molecule has 9 nitrogen and oxygen atoms in total. The molecule has 1 amide bonds. The Balaban J connectivity index is 1.89. The lowest BCUT2D eigenvalue weighted by Crippen LogP contribution is -2.40. The molecule has 3 rings (SSSR count). The van der Waals surface area contributed by atoms with E-state index in [2.05, 4.69) is 10.5 Å². The number of hydrazone groups is 1. The highest BCUT2D eigenvalue weighted by Crippen LogP contribution is 2.31. The van der Waals surface area contributed by atoms with Gasteiger partial charge in [0, 0.05) is 27.7 Å². The van der Waals surface area contributed by atoms with Crippen LogP contribution in [-0.2, 0) is 14.8 Å². The third-order valence-corrected chi connectivity index (χ3v) is 7.51. The molecular weight excluding hydrogens is 515 g/mol. The van der Waals surface area contributed by atoms with E-state index in [-0.39, 0.29) is 26.9 Å². The molecule has 0 fully saturated rings. The van der Waals surface area contributed by atoms with Gasteiger partial charge in [-0.3, -0.25) is 19.2 Å². The van der Waals surface area contributed by atoms with Crippen LogP contribution in [0.4, 0.5) is 11.4 Å². The molecule has 0 saturated carbocycles. The molecular formula is C23H20Cl2N4O5S. The molecule has 0 radical (unpaired) electrons. The number of rotatable bonds is 8. The highest BCUT2D eigenvalue weighted by Gasteiger charge is 2.28. The molecule has 0 aliphatic heterocycles. The van der Waals surface area contributed by atoms with Crippen LogP contribution in [-0.4, -0.2) is 32.0 Å². The van der Waals surface area contributed by atoms with Crippen molar-refractivity contribution >= 4 is 56.7 Å². The minimum absolute atomic E-state index is 0.00199. The highest BCUT2D eigenvalue weighted by molar-refractivity contribution is 7.92. The summed E-state index contributed by atoms with van der Waals surface area (Å²) in [5.74, 6) is -0.752. The number of nitrogens with zero attached hydrogens (tertiary/aromatic N) is 3. The molecule has 0 spiro atoms. The SMILES string of the molecule is Cc1ccc(S(=O)(=O)N(CC(=O)N/N=C\c2cc([N+](=O)[O-])ccc2Cl)c2cccc(Cl)c2C)cc1. The van der Waals surface area contributed by atoms with Crippen molar-refractivity contribution in [1.82, 2.24) is 5.43 Å². The van der Waals surface area contributed by atoms with Gasteiger partial charge in [-0.25, -0.2) is 13.8 Å². The molecule has 12 heteroatoms. The number of nitro benzene ring substituents is 1. The third-order valence-electron chi connectivity index (χ3n) is 4.99. The summed E-state index contributed by atoms with van der Waals surface area (Å²) in [5.41, 5.74) is 3.83. The van der Waals surface area contributed by atoms with Crippen molar-refractivity contribution < 1.29 is 18.1 Å². The number of benzene rings is 3. The summed E-state index contributed by atoms with van der Waals surface area (Å²) in [6, 6.07) is 14.7. The van der Waals surface area contributed by atoms with Crippen LogP contribution in [0.3, 0.4) is 0 Å². The van der Waals surface area contributed by atoms with Gasteiger partial charge in [-0.15, -0.1) is 0 Å². The molecule has 35 heavy (non-hydrogen) atoms. The molecule has 0 unspecified atom stereocenters. The number of non-ortho nitro benzene ring substituents is 1. The van der Waals surface area contributed by atoms with Gasteiger partial charge in [-0.1, -0.05) is 47.0 Å². The quantitative estimate of drug-likeness (QED) is 0.251. The lowest BCUT2D eigenvalue weighted by atomic mass is 10.2. The van der Waals surface area contributed by atoms with Crippen LogP contribution < -0.4 is 9.73 Å². The number of sulfonamides is 1. The van der Waals surface area contributed by atoms with Gasteiger partial charge in [0.15, 0.2) is 0 Å². The zero-order valence-corrected chi connectivity index (χ0v) is 20.9. The third kappa shape index (κ3) is 6.16. The highest BCUT2D eigenvalue weighted by atomic mass is 35.5. The van der Waals surface area contributed by atoms with E-state index >= 15 is 0 Å². The number of hydrogen-bond donors (Lipinski definition) is 1. The zero-order valence-electron chi connectivity index (χ0n) is 18.6. The normalized spacial score (nSPS) is 11.4. The molecule has 0 aliphatic rings. The average molecular weight is 535 g/mol. The van der Waals surface area contributed by atoms with Gasteiger partial charge in [0.05, 0.1) is 21.7 Å². The number of carbonyl (C=O) groups is 1. The Kier molecular flexibility index (Phi) is 8.11. The molecule has 0 heterocycles.